The minimum atomic E-state index is -0.335. The fourth-order valence-electron chi connectivity index (χ4n) is 1.60. The zero-order valence-corrected chi connectivity index (χ0v) is 12.9. The maximum Gasteiger partial charge on any atom is 0.246 e. The van der Waals surface area contributed by atoms with Crippen LogP contribution in [0.3, 0.4) is 0 Å². The minimum Gasteiger partial charge on any atom is -0.346 e. The number of halogens is 1. The summed E-state index contributed by atoms with van der Waals surface area (Å²) in [7, 11) is 1.69. The van der Waals surface area contributed by atoms with E-state index in [2.05, 4.69) is 19.2 Å². The Labute approximate surface area is 125 Å². The van der Waals surface area contributed by atoms with E-state index in [0.717, 1.165) is 5.69 Å². The standard InChI is InChI=1S/C14H21N3O2.ClH/c1-10(2)11-5-4-6-12(7-11)17(3)14(19)9-16-13(18)8-15;/h4-7,10H,8-9,15H2,1-3H3,(H,16,18);1H. The maximum absolute atomic E-state index is 11.9. The van der Waals surface area contributed by atoms with Gasteiger partial charge in [-0.25, -0.2) is 0 Å². The Kier molecular flexibility index (Phi) is 7.87. The van der Waals surface area contributed by atoms with Gasteiger partial charge in [-0.05, 0) is 23.6 Å². The van der Waals surface area contributed by atoms with Crippen LogP contribution in [0.25, 0.3) is 0 Å². The summed E-state index contributed by atoms with van der Waals surface area (Å²) < 4.78 is 0. The lowest BCUT2D eigenvalue weighted by molar-refractivity contribution is -0.124. The average Bonchev–Trinajstić information content (AvgIpc) is 2.43. The third-order valence-corrected chi connectivity index (χ3v) is 2.92. The summed E-state index contributed by atoms with van der Waals surface area (Å²) in [5.41, 5.74) is 7.15. The molecule has 2 amide bonds. The van der Waals surface area contributed by atoms with Crippen molar-refractivity contribution >= 4 is 29.9 Å². The van der Waals surface area contributed by atoms with Crippen LogP contribution in [0.4, 0.5) is 5.69 Å². The fourth-order valence-corrected chi connectivity index (χ4v) is 1.60. The summed E-state index contributed by atoms with van der Waals surface area (Å²) >= 11 is 0. The monoisotopic (exact) mass is 299 g/mol. The van der Waals surface area contributed by atoms with E-state index in [9.17, 15) is 9.59 Å². The van der Waals surface area contributed by atoms with Crippen LogP contribution in [0.2, 0.25) is 0 Å². The molecule has 20 heavy (non-hydrogen) atoms. The Morgan fingerprint density at radius 3 is 2.55 bits per heavy atom. The number of likely N-dealkylation sites (N-methyl/N-ethyl adjacent to an activating group) is 1. The van der Waals surface area contributed by atoms with Crippen molar-refractivity contribution in [2.45, 2.75) is 19.8 Å². The van der Waals surface area contributed by atoms with Gasteiger partial charge in [-0.15, -0.1) is 12.4 Å². The van der Waals surface area contributed by atoms with Gasteiger partial charge in [0.2, 0.25) is 11.8 Å². The Bertz CT molecular complexity index is 463. The molecule has 1 rings (SSSR count). The smallest absolute Gasteiger partial charge is 0.246 e. The lowest BCUT2D eigenvalue weighted by Gasteiger charge is -2.19. The van der Waals surface area contributed by atoms with Gasteiger partial charge < -0.3 is 16.0 Å². The van der Waals surface area contributed by atoms with Crippen LogP contribution in [0.1, 0.15) is 25.3 Å². The van der Waals surface area contributed by atoms with Crippen LogP contribution >= 0.6 is 12.4 Å². The summed E-state index contributed by atoms with van der Waals surface area (Å²) in [6.07, 6.45) is 0. The maximum atomic E-state index is 11.9. The molecule has 1 aromatic rings. The largest absolute Gasteiger partial charge is 0.346 e. The molecule has 1 aromatic carbocycles. The summed E-state index contributed by atoms with van der Waals surface area (Å²) in [6, 6.07) is 7.80. The van der Waals surface area contributed by atoms with Crippen LogP contribution in [0.15, 0.2) is 24.3 Å². The normalized spacial score (nSPS) is 9.85. The molecule has 0 heterocycles. The first-order valence-corrected chi connectivity index (χ1v) is 6.29. The van der Waals surface area contributed by atoms with Gasteiger partial charge in [0.25, 0.3) is 0 Å². The van der Waals surface area contributed by atoms with Crippen molar-refractivity contribution in [2.75, 3.05) is 25.0 Å². The molecule has 0 aliphatic carbocycles. The lowest BCUT2D eigenvalue weighted by atomic mass is 10.0. The van der Waals surface area contributed by atoms with E-state index < -0.39 is 0 Å². The second-order valence-corrected chi connectivity index (χ2v) is 4.68. The zero-order chi connectivity index (χ0) is 14.4. The predicted octanol–water partition coefficient (Wildman–Crippen LogP) is 1.27. The molecule has 112 valence electrons. The summed E-state index contributed by atoms with van der Waals surface area (Å²) in [4.78, 5) is 24.5. The molecular weight excluding hydrogens is 278 g/mol. The highest BCUT2D eigenvalue weighted by Gasteiger charge is 2.12. The van der Waals surface area contributed by atoms with Crippen molar-refractivity contribution in [3.8, 4) is 0 Å². The van der Waals surface area contributed by atoms with E-state index in [-0.39, 0.29) is 37.3 Å². The van der Waals surface area contributed by atoms with Crippen LogP contribution in [-0.2, 0) is 9.59 Å². The molecule has 0 atom stereocenters. The van der Waals surface area contributed by atoms with Crippen LogP contribution < -0.4 is 16.0 Å². The number of benzene rings is 1. The lowest BCUT2D eigenvalue weighted by Crippen LogP contribution is -2.40. The van der Waals surface area contributed by atoms with Gasteiger partial charge in [-0.3, -0.25) is 9.59 Å². The van der Waals surface area contributed by atoms with Crippen molar-refractivity contribution in [1.29, 1.82) is 0 Å². The summed E-state index contributed by atoms with van der Waals surface area (Å²) in [5, 5.41) is 2.46. The van der Waals surface area contributed by atoms with E-state index in [4.69, 9.17) is 5.73 Å². The van der Waals surface area contributed by atoms with Gasteiger partial charge >= 0.3 is 0 Å². The zero-order valence-electron chi connectivity index (χ0n) is 12.1. The van der Waals surface area contributed by atoms with E-state index in [1.165, 1.54) is 10.5 Å². The highest BCUT2D eigenvalue weighted by atomic mass is 35.5. The first-order chi connectivity index (χ1) is 8.95. The molecule has 6 heteroatoms. The Morgan fingerprint density at radius 1 is 1.35 bits per heavy atom. The van der Waals surface area contributed by atoms with Gasteiger partial charge in [0.05, 0.1) is 13.1 Å². The molecule has 0 aromatic heterocycles. The number of amides is 2. The van der Waals surface area contributed by atoms with Gasteiger partial charge in [-0.1, -0.05) is 26.0 Å². The van der Waals surface area contributed by atoms with E-state index in [0.29, 0.717) is 5.92 Å². The van der Waals surface area contributed by atoms with Gasteiger partial charge in [0, 0.05) is 12.7 Å². The first kappa shape index (κ1) is 18.4. The van der Waals surface area contributed by atoms with Crippen molar-refractivity contribution in [1.82, 2.24) is 5.32 Å². The number of nitrogens with two attached hydrogens (primary N) is 1. The molecular formula is C14H22ClN3O2. The number of hydrogen-bond donors (Lipinski definition) is 2. The molecule has 5 nitrogen and oxygen atoms in total. The average molecular weight is 300 g/mol. The molecule has 0 saturated carbocycles. The molecule has 0 spiro atoms. The van der Waals surface area contributed by atoms with Gasteiger partial charge in [0.1, 0.15) is 0 Å². The van der Waals surface area contributed by atoms with Crippen molar-refractivity contribution in [2.24, 2.45) is 5.73 Å². The number of rotatable bonds is 5. The third kappa shape index (κ3) is 5.19. The van der Waals surface area contributed by atoms with Crippen LogP contribution in [0, 0.1) is 0 Å². The molecule has 0 fully saturated rings. The van der Waals surface area contributed by atoms with Crippen molar-refractivity contribution < 1.29 is 9.59 Å². The number of hydrogen-bond acceptors (Lipinski definition) is 3. The summed E-state index contributed by atoms with van der Waals surface area (Å²) in [5.74, 6) is -0.110. The number of nitrogens with zero attached hydrogens (tertiary/aromatic N) is 1. The molecule has 0 saturated heterocycles. The van der Waals surface area contributed by atoms with Gasteiger partial charge in [-0.2, -0.15) is 0 Å². The number of carbonyl (C=O) groups excluding carboxylic acids is 2. The summed E-state index contributed by atoms with van der Waals surface area (Å²) in [6.45, 7) is 4.04. The highest BCUT2D eigenvalue weighted by Crippen LogP contribution is 2.20. The van der Waals surface area contributed by atoms with E-state index >= 15 is 0 Å². The molecule has 0 bridgehead atoms. The second-order valence-electron chi connectivity index (χ2n) is 4.68. The second kappa shape index (κ2) is 8.55. The Balaban J connectivity index is 0.00000361. The molecule has 0 radical (unpaired) electrons. The molecule has 0 aliphatic rings. The quantitative estimate of drug-likeness (QED) is 0.860. The van der Waals surface area contributed by atoms with Crippen molar-refractivity contribution in [3.05, 3.63) is 29.8 Å². The number of carbonyl (C=O) groups is 2. The molecule has 0 aliphatic heterocycles. The third-order valence-electron chi connectivity index (χ3n) is 2.92. The van der Waals surface area contributed by atoms with Crippen LogP contribution in [-0.4, -0.2) is 32.0 Å². The number of nitrogens with one attached hydrogen (secondary N) is 1. The fraction of sp³-hybridized carbons (Fsp3) is 0.429. The van der Waals surface area contributed by atoms with E-state index in [1.807, 2.05) is 24.3 Å². The number of anilines is 1. The van der Waals surface area contributed by atoms with E-state index in [1.54, 1.807) is 7.05 Å². The van der Waals surface area contributed by atoms with Crippen LogP contribution in [0.5, 0.6) is 0 Å². The van der Waals surface area contributed by atoms with Crippen molar-refractivity contribution in [3.63, 3.8) is 0 Å². The highest BCUT2D eigenvalue weighted by molar-refractivity contribution is 5.96. The van der Waals surface area contributed by atoms with Gasteiger partial charge in [0.15, 0.2) is 0 Å². The Morgan fingerprint density at radius 2 is 2.00 bits per heavy atom. The molecule has 3 N–H and O–H groups in total. The predicted molar refractivity (Wildman–Crippen MR) is 83.3 cm³/mol. The molecule has 0 unspecified atom stereocenters. The first-order valence-electron chi connectivity index (χ1n) is 6.29. The minimum absolute atomic E-state index is 0. The Hall–Kier alpha value is -1.59. The SMILES string of the molecule is CC(C)c1cccc(N(C)C(=O)CNC(=O)CN)c1.Cl. The topological polar surface area (TPSA) is 75.4 Å².